The van der Waals surface area contributed by atoms with E-state index in [0.29, 0.717) is 10.8 Å². The van der Waals surface area contributed by atoms with E-state index in [1.54, 1.807) is 11.1 Å². The summed E-state index contributed by atoms with van der Waals surface area (Å²) in [7, 11) is 0. The van der Waals surface area contributed by atoms with Crippen molar-refractivity contribution >= 4 is 24.9 Å². The van der Waals surface area contributed by atoms with E-state index >= 15 is 0 Å². The summed E-state index contributed by atoms with van der Waals surface area (Å²) >= 11 is 0. The predicted molar refractivity (Wildman–Crippen MR) is 81.3 cm³/mol. The first-order valence-electron chi connectivity index (χ1n) is 6.61. The van der Waals surface area contributed by atoms with Gasteiger partial charge in [0.2, 0.25) is 0 Å². The summed E-state index contributed by atoms with van der Waals surface area (Å²) in [5.41, 5.74) is 6.58. The van der Waals surface area contributed by atoms with E-state index in [-0.39, 0.29) is 18.9 Å². The third kappa shape index (κ3) is 2.00. The zero-order chi connectivity index (χ0) is 12.3. The number of allylic oxidation sites excluding steroid dienone is 1. The molecule has 2 aliphatic carbocycles. The fourth-order valence-corrected chi connectivity index (χ4v) is 3.19. The topological polar surface area (TPSA) is 0 Å². The second-order valence-corrected chi connectivity index (χ2v) is 6.82. The average Bonchev–Trinajstić information content (AvgIpc) is 2.70. The van der Waals surface area contributed by atoms with Gasteiger partial charge in [0.25, 0.3) is 0 Å². The van der Waals surface area contributed by atoms with E-state index in [1.165, 1.54) is 24.0 Å². The van der Waals surface area contributed by atoms with Crippen LogP contribution in [0.1, 0.15) is 62.8 Å². The summed E-state index contributed by atoms with van der Waals surface area (Å²) in [6.07, 6.45) is 9.20. The molecule has 0 saturated carbocycles. The van der Waals surface area contributed by atoms with E-state index in [9.17, 15) is 0 Å². The van der Waals surface area contributed by atoms with Crippen molar-refractivity contribution in [3.63, 3.8) is 0 Å². The van der Waals surface area contributed by atoms with Crippen molar-refractivity contribution in [3.8, 4) is 0 Å². The van der Waals surface area contributed by atoms with Crippen LogP contribution in [0.3, 0.4) is 0 Å². The van der Waals surface area contributed by atoms with Crippen molar-refractivity contribution < 1.29 is 0 Å². The summed E-state index contributed by atoms with van der Waals surface area (Å²) in [5.74, 6) is 0. The SMILES string of the molecule is CC1(C)CCC(C)(C)c2cc3c(cc21)[CH]C=C3.[LiH]. The van der Waals surface area contributed by atoms with Gasteiger partial charge in [0, 0.05) is 6.42 Å². The van der Waals surface area contributed by atoms with Crippen LogP contribution >= 0.6 is 0 Å². The molecule has 2 aliphatic rings. The van der Waals surface area contributed by atoms with Gasteiger partial charge in [-0.25, -0.2) is 0 Å². The summed E-state index contributed by atoms with van der Waals surface area (Å²) in [6, 6.07) is 4.84. The molecule has 18 heavy (non-hydrogen) atoms. The standard InChI is InChI=1S/C17H21.Li.H/c1-16(2)8-9-17(3,4)15-11-13-7-5-6-12(13)10-14(15)16;;/h5-7,10-11H,8-9H2,1-4H3;;. The Morgan fingerprint density at radius 3 is 1.89 bits per heavy atom. The van der Waals surface area contributed by atoms with Crippen LogP contribution in [0.15, 0.2) is 18.2 Å². The van der Waals surface area contributed by atoms with Gasteiger partial charge in [-0.05, 0) is 45.9 Å². The normalized spacial score (nSPS) is 22.0. The van der Waals surface area contributed by atoms with Crippen LogP contribution in [0.5, 0.6) is 0 Å². The number of fused-ring (bicyclic) bond motifs is 2. The molecule has 1 aromatic carbocycles. The number of hydrogen-bond donors (Lipinski definition) is 0. The fraction of sp³-hybridized carbons (Fsp3) is 0.471. The molecular weight excluding hydrogens is 211 g/mol. The Bertz CT molecular complexity index is 507. The Labute approximate surface area is 123 Å². The molecule has 1 heteroatoms. The first-order chi connectivity index (χ1) is 7.90. The Balaban J connectivity index is 0.00000120. The van der Waals surface area contributed by atoms with E-state index < -0.39 is 0 Å². The van der Waals surface area contributed by atoms with Gasteiger partial charge in [0.15, 0.2) is 0 Å². The molecule has 0 bridgehead atoms. The van der Waals surface area contributed by atoms with Crippen LogP contribution in [0.25, 0.3) is 6.08 Å². The average molecular weight is 233 g/mol. The summed E-state index contributed by atoms with van der Waals surface area (Å²) < 4.78 is 0. The van der Waals surface area contributed by atoms with Crippen molar-refractivity contribution in [2.75, 3.05) is 0 Å². The molecule has 0 fully saturated rings. The Hall–Kier alpha value is -0.443. The Morgan fingerprint density at radius 2 is 1.33 bits per heavy atom. The summed E-state index contributed by atoms with van der Waals surface area (Å²) in [5, 5.41) is 0. The summed E-state index contributed by atoms with van der Waals surface area (Å²) in [6.45, 7) is 9.54. The van der Waals surface area contributed by atoms with Crippen LogP contribution in [0.2, 0.25) is 0 Å². The molecule has 0 spiro atoms. The molecule has 91 valence electrons. The molecule has 0 amide bonds. The zero-order valence-corrected chi connectivity index (χ0v) is 11.3. The third-order valence-electron chi connectivity index (χ3n) is 4.61. The van der Waals surface area contributed by atoms with Crippen molar-refractivity contribution in [1.82, 2.24) is 0 Å². The molecular formula is C17H22Li. The molecule has 1 radical (unpaired) electrons. The second-order valence-electron chi connectivity index (χ2n) is 6.82. The Kier molecular flexibility index (Phi) is 3.33. The van der Waals surface area contributed by atoms with Crippen molar-refractivity contribution in [1.29, 1.82) is 0 Å². The molecule has 3 rings (SSSR count). The quantitative estimate of drug-likeness (QED) is 0.595. The molecule has 0 atom stereocenters. The minimum absolute atomic E-state index is 0. The van der Waals surface area contributed by atoms with Crippen LogP contribution < -0.4 is 0 Å². The van der Waals surface area contributed by atoms with Crippen molar-refractivity contribution in [2.45, 2.75) is 51.4 Å². The maximum atomic E-state index is 2.42. The van der Waals surface area contributed by atoms with Crippen LogP contribution in [0.4, 0.5) is 0 Å². The van der Waals surface area contributed by atoms with Crippen LogP contribution in [0, 0.1) is 6.42 Å². The molecule has 1 aromatic rings. The van der Waals surface area contributed by atoms with Gasteiger partial charge in [-0.15, -0.1) is 0 Å². The number of rotatable bonds is 0. The van der Waals surface area contributed by atoms with Crippen molar-refractivity contribution in [3.05, 3.63) is 46.9 Å². The van der Waals surface area contributed by atoms with Gasteiger partial charge >= 0.3 is 18.9 Å². The monoisotopic (exact) mass is 233 g/mol. The van der Waals surface area contributed by atoms with Crippen LogP contribution in [-0.4, -0.2) is 18.9 Å². The van der Waals surface area contributed by atoms with Gasteiger partial charge in [0.1, 0.15) is 0 Å². The van der Waals surface area contributed by atoms with Crippen LogP contribution in [-0.2, 0) is 10.8 Å². The van der Waals surface area contributed by atoms with E-state index in [2.05, 4.69) is 58.4 Å². The van der Waals surface area contributed by atoms with E-state index in [4.69, 9.17) is 0 Å². The van der Waals surface area contributed by atoms with Gasteiger partial charge in [0.05, 0.1) is 0 Å². The molecule has 0 saturated heterocycles. The summed E-state index contributed by atoms with van der Waals surface area (Å²) in [4.78, 5) is 0. The Morgan fingerprint density at radius 1 is 0.833 bits per heavy atom. The fourth-order valence-electron chi connectivity index (χ4n) is 3.19. The van der Waals surface area contributed by atoms with Crippen molar-refractivity contribution in [2.24, 2.45) is 0 Å². The van der Waals surface area contributed by atoms with Gasteiger partial charge in [-0.2, -0.15) is 0 Å². The first kappa shape index (κ1) is 14.0. The zero-order valence-electron chi connectivity index (χ0n) is 11.3. The molecule has 0 N–H and O–H groups in total. The predicted octanol–water partition coefficient (Wildman–Crippen LogP) is 3.97. The number of hydrogen-bond acceptors (Lipinski definition) is 0. The first-order valence-corrected chi connectivity index (χ1v) is 6.61. The molecule has 0 aromatic heterocycles. The maximum absolute atomic E-state index is 2.42. The minimum atomic E-state index is 0. The third-order valence-corrected chi connectivity index (χ3v) is 4.61. The molecule has 0 heterocycles. The van der Waals surface area contributed by atoms with Gasteiger partial charge in [-0.1, -0.05) is 52.0 Å². The number of benzene rings is 1. The molecule has 0 nitrogen and oxygen atoms in total. The molecule has 0 unspecified atom stereocenters. The van der Waals surface area contributed by atoms with E-state index in [0.717, 1.165) is 0 Å². The van der Waals surface area contributed by atoms with Gasteiger partial charge < -0.3 is 0 Å². The second kappa shape index (κ2) is 4.29. The van der Waals surface area contributed by atoms with Gasteiger partial charge in [-0.3, -0.25) is 0 Å². The van der Waals surface area contributed by atoms with E-state index in [1.807, 2.05) is 0 Å². The molecule has 0 aliphatic heterocycles.